The summed E-state index contributed by atoms with van der Waals surface area (Å²) >= 11 is 0. The Morgan fingerprint density at radius 3 is 2.30 bits per heavy atom. The number of likely N-dealkylation sites (tertiary alicyclic amines) is 1. The Labute approximate surface area is 254 Å². The van der Waals surface area contributed by atoms with E-state index in [9.17, 15) is 24.6 Å². The molecule has 9 nitrogen and oxygen atoms in total. The second kappa shape index (κ2) is 13.0. The summed E-state index contributed by atoms with van der Waals surface area (Å²) in [6.07, 6.45) is -1.99. The van der Waals surface area contributed by atoms with E-state index in [2.05, 4.69) is 10.6 Å². The maximum Gasteiger partial charge on any atom is 0.272 e. The summed E-state index contributed by atoms with van der Waals surface area (Å²) in [4.78, 5) is 41.2. The fraction of sp³-hybridized carbons (Fsp3) is 0.364. The number of phenolic OH excluding ortho intramolecular Hbond substituents is 1. The lowest BCUT2D eigenvalue weighted by atomic mass is 9.81. The summed E-state index contributed by atoms with van der Waals surface area (Å²) in [6, 6.07) is 17.1. The predicted octanol–water partition coefficient (Wildman–Crippen LogP) is 3.60. The van der Waals surface area contributed by atoms with Crippen molar-refractivity contribution >= 4 is 17.7 Å². The highest BCUT2D eigenvalue weighted by atomic mass is 19.3. The van der Waals surface area contributed by atoms with E-state index in [4.69, 9.17) is 4.74 Å². The van der Waals surface area contributed by atoms with Gasteiger partial charge in [0.1, 0.15) is 17.5 Å². The number of rotatable bonds is 10. The maximum atomic E-state index is 15.4. The van der Waals surface area contributed by atoms with Crippen LogP contribution >= 0.6 is 0 Å². The van der Waals surface area contributed by atoms with Gasteiger partial charge in [0, 0.05) is 17.7 Å². The zero-order valence-corrected chi connectivity index (χ0v) is 25.0. The van der Waals surface area contributed by atoms with Crippen LogP contribution in [0, 0.1) is 12.3 Å². The molecule has 44 heavy (non-hydrogen) atoms. The van der Waals surface area contributed by atoms with Crippen LogP contribution in [-0.4, -0.2) is 70.6 Å². The van der Waals surface area contributed by atoms with E-state index in [1.807, 2.05) is 0 Å². The summed E-state index contributed by atoms with van der Waals surface area (Å²) in [5.74, 6) is -5.55. The van der Waals surface area contributed by atoms with Crippen molar-refractivity contribution in [1.82, 2.24) is 15.5 Å². The number of amides is 3. The molecule has 3 aromatic rings. The zero-order chi connectivity index (χ0) is 32.2. The van der Waals surface area contributed by atoms with Crippen molar-refractivity contribution in [3.8, 4) is 11.5 Å². The van der Waals surface area contributed by atoms with Crippen LogP contribution in [0.2, 0.25) is 0 Å². The molecule has 4 N–H and O–H groups in total. The number of carbonyl (C=O) groups excluding carboxylic acids is 3. The number of ether oxygens (including phenoxy) is 1. The average Bonchev–Trinajstić information content (AvgIpc) is 3.20. The normalized spacial score (nSPS) is 18.2. The molecule has 0 aliphatic carbocycles. The van der Waals surface area contributed by atoms with Gasteiger partial charge < -0.3 is 30.5 Å². The van der Waals surface area contributed by atoms with Crippen molar-refractivity contribution in [2.45, 2.75) is 57.8 Å². The molecule has 0 bridgehead atoms. The first kappa shape index (κ1) is 32.4. The Morgan fingerprint density at radius 1 is 1.00 bits per heavy atom. The molecule has 234 valence electrons. The van der Waals surface area contributed by atoms with Gasteiger partial charge in [-0.15, -0.1) is 0 Å². The quantitative estimate of drug-likeness (QED) is 0.278. The minimum atomic E-state index is -3.46. The van der Waals surface area contributed by atoms with Crippen LogP contribution in [-0.2, 0) is 22.6 Å². The van der Waals surface area contributed by atoms with Crippen LogP contribution in [0.1, 0.15) is 40.9 Å². The minimum Gasteiger partial charge on any atom is -0.508 e. The lowest BCUT2D eigenvalue weighted by Crippen LogP contribution is -2.57. The van der Waals surface area contributed by atoms with E-state index in [1.165, 1.54) is 39.2 Å². The van der Waals surface area contributed by atoms with Crippen LogP contribution in [0.3, 0.4) is 0 Å². The van der Waals surface area contributed by atoms with Gasteiger partial charge in [-0.2, -0.15) is 0 Å². The Hall–Kier alpha value is -4.51. The third-order valence-corrected chi connectivity index (χ3v) is 8.26. The molecule has 0 aromatic heterocycles. The molecule has 1 fully saturated rings. The summed E-state index contributed by atoms with van der Waals surface area (Å²) in [5, 5.41) is 26.7. The number of benzene rings is 3. The first-order chi connectivity index (χ1) is 20.8. The van der Waals surface area contributed by atoms with Crippen molar-refractivity contribution in [3.63, 3.8) is 0 Å². The van der Waals surface area contributed by atoms with Crippen LogP contribution in [0.4, 0.5) is 8.78 Å². The lowest BCUT2D eigenvalue weighted by molar-refractivity contribution is -0.148. The van der Waals surface area contributed by atoms with Gasteiger partial charge in [-0.3, -0.25) is 14.4 Å². The van der Waals surface area contributed by atoms with Crippen LogP contribution in [0.25, 0.3) is 0 Å². The summed E-state index contributed by atoms with van der Waals surface area (Å²) in [7, 11) is 1.52. The van der Waals surface area contributed by atoms with Gasteiger partial charge in [0.2, 0.25) is 5.91 Å². The first-order valence-electron chi connectivity index (χ1n) is 14.2. The topological polar surface area (TPSA) is 128 Å². The Morgan fingerprint density at radius 2 is 1.66 bits per heavy atom. The van der Waals surface area contributed by atoms with E-state index < -0.39 is 53.8 Å². The number of phenols is 1. The molecule has 3 aromatic carbocycles. The van der Waals surface area contributed by atoms with Crippen LogP contribution < -0.4 is 15.4 Å². The largest absolute Gasteiger partial charge is 0.508 e. The number of aromatic hydroxyl groups is 1. The number of hydrogen-bond donors (Lipinski definition) is 4. The smallest absolute Gasteiger partial charge is 0.272 e. The second-order valence-corrected chi connectivity index (χ2v) is 11.5. The van der Waals surface area contributed by atoms with Gasteiger partial charge in [-0.05, 0) is 48.7 Å². The van der Waals surface area contributed by atoms with Crippen molar-refractivity contribution in [2.75, 3.05) is 13.7 Å². The van der Waals surface area contributed by atoms with E-state index in [1.54, 1.807) is 61.5 Å². The Bertz CT molecular complexity index is 1500. The highest BCUT2D eigenvalue weighted by molar-refractivity contribution is 5.97. The molecule has 3 atom stereocenters. The van der Waals surface area contributed by atoms with E-state index in [0.29, 0.717) is 27.3 Å². The first-order valence-corrected chi connectivity index (χ1v) is 14.2. The number of aliphatic hydroxyl groups is 1. The van der Waals surface area contributed by atoms with Crippen molar-refractivity contribution in [1.29, 1.82) is 0 Å². The fourth-order valence-electron chi connectivity index (χ4n) is 5.37. The lowest BCUT2D eigenvalue weighted by Gasteiger charge is -2.34. The number of aliphatic hydroxyl groups excluding tert-OH is 1. The van der Waals surface area contributed by atoms with Crippen LogP contribution in [0.15, 0.2) is 72.8 Å². The highest BCUT2D eigenvalue weighted by Crippen LogP contribution is 2.48. The van der Waals surface area contributed by atoms with Gasteiger partial charge in [0.25, 0.3) is 17.7 Å². The third kappa shape index (κ3) is 6.67. The van der Waals surface area contributed by atoms with Crippen molar-refractivity contribution in [3.05, 3.63) is 95.1 Å². The number of methoxy groups -OCH3 is 1. The molecule has 0 saturated carbocycles. The average molecular weight is 610 g/mol. The molecule has 1 heterocycles. The number of carbonyl (C=O) groups is 3. The highest BCUT2D eigenvalue weighted by Gasteiger charge is 2.64. The van der Waals surface area contributed by atoms with Crippen molar-refractivity contribution < 1.29 is 38.1 Å². The van der Waals surface area contributed by atoms with Crippen molar-refractivity contribution in [2.24, 2.45) is 5.41 Å². The molecule has 0 radical (unpaired) electrons. The fourth-order valence-corrected chi connectivity index (χ4v) is 5.37. The second-order valence-electron chi connectivity index (χ2n) is 11.5. The molecular weight excluding hydrogens is 572 g/mol. The summed E-state index contributed by atoms with van der Waals surface area (Å²) in [6.45, 7) is 2.88. The molecule has 4 rings (SSSR count). The molecule has 1 aliphatic rings. The van der Waals surface area contributed by atoms with Crippen LogP contribution in [0.5, 0.6) is 11.5 Å². The van der Waals surface area contributed by atoms with E-state index in [-0.39, 0.29) is 24.3 Å². The van der Waals surface area contributed by atoms with Gasteiger partial charge in [-0.25, -0.2) is 8.78 Å². The monoisotopic (exact) mass is 609 g/mol. The number of alkyl halides is 2. The Balaban J connectivity index is 1.60. The number of nitrogens with zero attached hydrogens (tertiary/aromatic N) is 1. The van der Waals surface area contributed by atoms with E-state index >= 15 is 8.78 Å². The molecule has 11 heteroatoms. The number of halogens is 2. The third-order valence-electron chi connectivity index (χ3n) is 8.26. The zero-order valence-electron chi connectivity index (χ0n) is 25.0. The number of hydrogen-bond acceptors (Lipinski definition) is 6. The molecule has 1 unspecified atom stereocenters. The molecule has 1 aliphatic heterocycles. The van der Waals surface area contributed by atoms with Gasteiger partial charge >= 0.3 is 0 Å². The van der Waals surface area contributed by atoms with Gasteiger partial charge in [0.15, 0.2) is 6.10 Å². The SMILES string of the molecule is COc1ccc(CNC(=O)[C@H]2N(C(=O)[C@@H](O)C(Cc3ccccc3)NC(=O)c3cccc(O)c3C)CC(F)(F)C2(C)C)cc1. The maximum absolute atomic E-state index is 15.4. The Kier molecular flexibility index (Phi) is 9.58. The summed E-state index contributed by atoms with van der Waals surface area (Å²) in [5.41, 5.74) is -0.208. The number of nitrogens with one attached hydrogen (secondary N) is 2. The molecular formula is C33H37F2N3O6. The predicted molar refractivity (Wildman–Crippen MR) is 159 cm³/mol. The summed E-state index contributed by atoms with van der Waals surface area (Å²) < 4.78 is 35.8. The molecule has 1 saturated heterocycles. The minimum absolute atomic E-state index is 0.0146. The molecule has 0 spiro atoms. The van der Waals surface area contributed by atoms with Gasteiger partial charge in [-0.1, -0.05) is 62.4 Å². The van der Waals surface area contributed by atoms with E-state index in [0.717, 1.165) is 0 Å². The van der Waals surface area contributed by atoms with Gasteiger partial charge in [0.05, 0.1) is 25.1 Å². The molecule has 3 amide bonds. The standard InChI is InChI=1S/C33H37F2N3O6/c1-20-24(11-8-12-26(20)39)29(41)37-25(17-21-9-6-5-7-10-21)27(40)31(43)38-19-33(34,35)32(2,3)28(38)30(42)36-18-22-13-15-23(44-4)16-14-22/h5-16,25,27-28,39-40H,17-19H2,1-4H3,(H,36,42)(H,37,41)/t25?,27-,28+/m0/s1.